The van der Waals surface area contributed by atoms with E-state index in [-0.39, 0.29) is 0 Å². The van der Waals surface area contributed by atoms with Crippen LogP contribution in [0.15, 0.2) is 176 Å². The number of para-hydroxylation sites is 3. The second-order valence-corrected chi connectivity index (χ2v) is 13.9. The first kappa shape index (κ1) is 27.8. The quantitative estimate of drug-likeness (QED) is 0.185. The Morgan fingerprint density at radius 3 is 1.85 bits per heavy atom. The van der Waals surface area contributed by atoms with Gasteiger partial charge >= 0.3 is 0 Å². The standard InChI is InChI=1S/C49H29N3/c1-2-11-33(12-3-1)51-44-20-9-7-16-39(44)48-34-24-21-30(27-32(34)23-26-46(48)51)31-22-25-45-41(28-31)37-15-6-8-19-43(37)52(45)49-40-18-10-17-38-35-13-4-5-14-36(35)42(29-50-49)47(38)40/h1-29H. The lowest BCUT2D eigenvalue weighted by Crippen LogP contribution is -1.99. The van der Waals surface area contributed by atoms with Crippen molar-refractivity contribution < 1.29 is 0 Å². The van der Waals surface area contributed by atoms with Crippen molar-refractivity contribution in [2.75, 3.05) is 0 Å². The molecule has 0 aliphatic heterocycles. The van der Waals surface area contributed by atoms with Crippen LogP contribution in [0.25, 0.3) is 110 Å². The molecule has 240 valence electrons. The number of nitrogens with zero attached hydrogens (tertiary/aromatic N) is 3. The van der Waals surface area contributed by atoms with Crippen LogP contribution in [0.1, 0.15) is 0 Å². The molecule has 1 aliphatic rings. The highest BCUT2D eigenvalue weighted by Gasteiger charge is 2.24. The summed E-state index contributed by atoms with van der Waals surface area (Å²) in [6.45, 7) is 0. The van der Waals surface area contributed by atoms with Gasteiger partial charge in [0.15, 0.2) is 0 Å². The Morgan fingerprint density at radius 1 is 0.346 bits per heavy atom. The van der Waals surface area contributed by atoms with Crippen molar-refractivity contribution in [3.8, 4) is 44.9 Å². The lowest BCUT2D eigenvalue weighted by Gasteiger charge is -2.12. The average Bonchev–Trinajstić information content (AvgIpc) is 3.85. The van der Waals surface area contributed by atoms with Gasteiger partial charge < -0.3 is 4.57 Å². The van der Waals surface area contributed by atoms with Gasteiger partial charge in [0.05, 0.1) is 22.1 Å². The lowest BCUT2D eigenvalue weighted by atomic mass is 9.97. The third-order valence-corrected chi connectivity index (χ3v) is 11.3. The Morgan fingerprint density at radius 2 is 0.981 bits per heavy atom. The lowest BCUT2D eigenvalue weighted by molar-refractivity contribution is 1.10. The monoisotopic (exact) mass is 659 g/mol. The summed E-state index contributed by atoms with van der Waals surface area (Å²) >= 11 is 0. The maximum atomic E-state index is 5.20. The maximum absolute atomic E-state index is 5.20. The molecule has 0 unspecified atom stereocenters. The van der Waals surface area contributed by atoms with Crippen molar-refractivity contribution in [1.82, 2.24) is 14.1 Å². The predicted molar refractivity (Wildman–Crippen MR) is 218 cm³/mol. The topological polar surface area (TPSA) is 22.8 Å². The largest absolute Gasteiger partial charge is 0.309 e. The fourth-order valence-electron chi connectivity index (χ4n) is 9.06. The smallest absolute Gasteiger partial charge is 0.145 e. The van der Waals surface area contributed by atoms with Crippen molar-refractivity contribution in [2.24, 2.45) is 0 Å². The van der Waals surface area contributed by atoms with E-state index in [9.17, 15) is 0 Å². The molecule has 0 fully saturated rings. The van der Waals surface area contributed by atoms with E-state index in [0.29, 0.717) is 0 Å². The van der Waals surface area contributed by atoms with Gasteiger partial charge in [-0.2, -0.15) is 0 Å². The summed E-state index contributed by atoms with van der Waals surface area (Å²) in [4.78, 5) is 5.20. The Balaban J connectivity index is 1.05. The van der Waals surface area contributed by atoms with Crippen LogP contribution in [-0.2, 0) is 0 Å². The summed E-state index contributed by atoms with van der Waals surface area (Å²) in [5.41, 5.74) is 13.4. The Labute approximate surface area is 299 Å². The van der Waals surface area contributed by atoms with E-state index in [1.54, 1.807) is 0 Å². The van der Waals surface area contributed by atoms with Gasteiger partial charge in [-0.15, -0.1) is 0 Å². The van der Waals surface area contributed by atoms with Crippen LogP contribution in [0, 0.1) is 0 Å². The van der Waals surface area contributed by atoms with E-state index in [4.69, 9.17) is 4.98 Å². The molecule has 52 heavy (non-hydrogen) atoms. The van der Waals surface area contributed by atoms with Crippen LogP contribution in [0.2, 0.25) is 0 Å². The second-order valence-electron chi connectivity index (χ2n) is 13.9. The van der Waals surface area contributed by atoms with Gasteiger partial charge in [-0.05, 0) is 87.1 Å². The van der Waals surface area contributed by atoms with Crippen LogP contribution >= 0.6 is 0 Å². The van der Waals surface area contributed by atoms with E-state index in [1.807, 2.05) is 0 Å². The van der Waals surface area contributed by atoms with Crippen molar-refractivity contribution in [2.45, 2.75) is 0 Å². The zero-order chi connectivity index (χ0) is 33.9. The molecule has 3 heterocycles. The summed E-state index contributed by atoms with van der Waals surface area (Å²) in [6.07, 6.45) is 2.07. The molecule has 3 nitrogen and oxygen atoms in total. The van der Waals surface area contributed by atoms with E-state index < -0.39 is 0 Å². The van der Waals surface area contributed by atoms with Gasteiger partial charge in [0.1, 0.15) is 5.82 Å². The molecule has 0 saturated carbocycles. The van der Waals surface area contributed by atoms with E-state index in [1.165, 1.54) is 93.2 Å². The molecule has 0 radical (unpaired) electrons. The van der Waals surface area contributed by atoms with Crippen LogP contribution < -0.4 is 0 Å². The molecule has 11 aromatic rings. The minimum Gasteiger partial charge on any atom is -0.309 e. The van der Waals surface area contributed by atoms with Crippen molar-refractivity contribution in [3.63, 3.8) is 0 Å². The summed E-state index contributed by atoms with van der Waals surface area (Å²) in [5.74, 6) is 0.969. The molecule has 3 aromatic heterocycles. The number of fused-ring (bicyclic) bond motifs is 11. The van der Waals surface area contributed by atoms with E-state index in [0.717, 1.165) is 16.9 Å². The fourth-order valence-corrected chi connectivity index (χ4v) is 9.06. The van der Waals surface area contributed by atoms with Gasteiger partial charge in [0.25, 0.3) is 0 Å². The highest BCUT2D eigenvalue weighted by atomic mass is 15.1. The van der Waals surface area contributed by atoms with Crippen LogP contribution in [-0.4, -0.2) is 14.1 Å². The first-order valence-corrected chi connectivity index (χ1v) is 17.9. The number of pyridine rings is 1. The third-order valence-electron chi connectivity index (χ3n) is 11.3. The fraction of sp³-hybridized carbons (Fsp3) is 0. The molecule has 3 heteroatoms. The first-order valence-electron chi connectivity index (χ1n) is 17.9. The Kier molecular flexibility index (Phi) is 5.50. The highest BCUT2D eigenvalue weighted by Crippen LogP contribution is 2.48. The summed E-state index contributed by atoms with van der Waals surface area (Å²) in [5, 5.41) is 9.98. The van der Waals surface area contributed by atoms with Gasteiger partial charge in [0, 0.05) is 49.8 Å². The molecule has 1 aliphatic carbocycles. The molecular weight excluding hydrogens is 631 g/mol. The van der Waals surface area contributed by atoms with E-state index >= 15 is 0 Å². The third kappa shape index (κ3) is 3.66. The molecule has 0 bridgehead atoms. The normalized spacial score (nSPS) is 12.2. The molecule has 0 atom stereocenters. The molecule has 0 spiro atoms. The van der Waals surface area contributed by atoms with Gasteiger partial charge in [-0.1, -0.05) is 121 Å². The van der Waals surface area contributed by atoms with Crippen LogP contribution in [0.4, 0.5) is 0 Å². The Bertz CT molecular complexity index is 3260. The molecule has 8 aromatic carbocycles. The molecular formula is C49H29N3. The second kappa shape index (κ2) is 10.3. The number of hydrogen-bond acceptors (Lipinski definition) is 1. The SMILES string of the molecule is c1ccc(-n2c3ccccc3c3c4ccc(-c5ccc6c(c5)c5ccccc5n6-c5ncc6c7c(cccc57)-c5ccccc5-6)cc4ccc32)cc1. The van der Waals surface area contributed by atoms with Gasteiger partial charge in [0.2, 0.25) is 0 Å². The average molecular weight is 660 g/mol. The van der Waals surface area contributed by atoms with Gasteiger partial charge in [-0.3, -0.25) is 4.57 Å². The van der Waals surface area contributed by atoms with E-state index in [2.05, 4.69) is 185 Å². The minimum absolute atomic E-state index is 0.969. The maximum Gasteiger partial charge on any atom is 0.145 e. The van der Waals surface area contributed by atoms with Crippen molar-refractivity contribution in [1.29, 1.82) is 0 Å². The number of aromatic nitrogens is 3. The van der Waals surface area contributed by atoms with Crippen molar-refractivity contribution in [3.05, 3.63) is 176 Å². The molecule has 0 N–H and O–H groups in total. The minimum atomic E-state index is 0.969. The Hall–Kier alpha value is -6.97. The molecule has 12 rings (SSSR count). The summed E-state index contributed by atoms with van der Waals surface area (Å²) in [6, 6.07) is 62.0. The summed E-state index contributed by atoms with van der Waals surface area (Å²) in [7, 11) is 0. The highest BCUT2D eigenvalue weighted by molar-refractivity contribution is 6.22. The zero-order valence-corrected chi connectivity index (χ0v) is 28.1. The van der Waals surface area contributed by atoms with Crippen LogP contribution in [0.3, 0.4) is 0 Å². The summed E-state index contributed by atoms with van der Waals surface area (Å²) < 4.78 is 4.75. The number of benzene rings is 8. The number of hydrogen-bond donors (Lipinski definition) is 0. The van der Waals surface area contributed by atoms with Crippen molar-refractivity contribution >= 4 is 65.2 Å². The zero-order valence-electron chi connectivity index (χ0n) is 28.1. The molecule has 0 saturated heterocycles. The van der Waals surface area contributed by atoms with Crippen LogP contribution in [0.5, 0.6) is 0 Å². The predicted octanol–water partition coefficient (Wildman–Crippen LogP) is 12.9. The first-order chi connectivity index (χ1) is 25.8. The molecule has 0 amide bonds. The van der Waals surface area contributed by atoms with Gasteiger partial charge in [-0.25, -0.2) is 4.98 Å². The number of rotatable bonds is 3.